The van der Waals surface area contributed by atoms with Gasteiger partial charge in [0.25, 0.3) is 0 Å². The van der Waals surface area contributed by atoms with E-state index in [1.165, 1.54) is 35.1 Å². The summed E-state index contributed by atoms with van der Waals surface area (Å²) in [6.45, 7) is 0. The molecule has 0 amide bonds. The van der Waals surface area contributed by atoms with E-state index in [1.807, 2.05) is 0 Å². The van der Waals surface area contributed by atoms with Crippen LogP contribution in [0.5, 0.6) is 0 Å². The van der Waals surface area contributed by atoms with E-state index in [4.69, 9.17) is 0 Å². The summed E-state index contributed by atoms with van der Waals surface area (Å²) < 4.78 is 0. The van der Waals surface area contributed by atoms with Crippen molar-refractivity contribution >= 4 is 15.9 Å². The molecule has 1 unspecified atom stereocenters. The van der Waals surface area contributed by atoms with Crippen LogP contribution < -0.4 is 0 Å². The fourth-order valence-electron chi connectivity index (χ4n) is 2.36. The lowest BCUT2D eigenvalue weighted by Gasteiger charge is -2.07. The molecule has 2 aromatic carbocycles. The summed E-state index contributed by atoms with van der Waals surface area (Å²) >= 11 is 3.74. The first kappa shape index (κ1) is 10.1. The summed E-state index contributed by atoms with van der Waals surface area (Å²) in [5.41, 5.74) is 5.60. The van der Waals surface area contributed by atoms with Crippen LogP contribution in [0.4, 0.5) is 0 Å². The molecule has 2 aromatic rings. The molecule has 1 aliphatic carbocycles. The van der Waals surface area contributed by atoms with Gasteiger partial charge in [-0.15, -0.1) is 0 Å². The largest absolute Gasteiger partial charge is 0.0839 e. The van der Waals surface area contributed by atoms with Crippen molar-refractivity contribution in [3.8, 4) is 11.1 Å². The predicted octanol–water partition coefficient (Wildman–Crippen LogP) is 4.74. The minimum Gasteiger partial charge on any atom is -0.0839 e. The van der Waals surface area contributed by atoms with Crippen LogP contribution in [-0.4, -0.2) is 0 Å². The van der Waals surface area contributed by atoms with Crippen molar-refractivity contribution in [3.63, 3.8) is 0 Å². The molecule has 0 saturated heterocycles. The maximum absolute atomic E-state index is 3.74. The molecule has 1 aliphatic rings. The summed E-state index contributed by atoms with van der Waals surface area (Å²) in [7, 11) is 0. The minimum atomic E-state index is 0.547. The standard InChI is InChI=1S/C15H13Br/c16-15-9-8-12-6-7-13(10-14(12)15)11-4-2-1-3-5-11/h1-7,10,15H,8-9H2. The smallest absolute Gasteiger partial charge is 0.0401 e. The number of halogens is 1. The molecule has 0 radical (unpaired) electrons. The van der Waals surface area contributed by atoms with Crippen molar-refractivity contribution in [1.82, 2.24) is 0 Å². The van der Waals surface area contributed by atoms with Crippen LogP contribution in [0.1, 0.15) is 22.4 Å². The van der Waals surface area contributed by atoms with E-state index in [0.29, 0.717) is 4.83 Å². The molecular weight excluding hydrogens is 260 g/mol. The monoisotopic (exact) mass is 272 g/mol. The van der Waals surface area contributed by atoms with Crippen LogP contribution >= 0.6 is 15.9 Å². The van der Waals surface area contributed by atoms with Gasteiger partial charge in [0.1, 0.15) is 0 Å². The van der Waals surface area contributed by atoms with Crippen molar-refractivity contribution in [3.05, 3.63) is 59.7 Å². The van der Waals surface area contributed by atoms with Gasteiger partial charge in [-0.05, 0) is 41.2 Å². The summed E-state index contributed by atoms with van der Waals surface area (Å²) in [6.07, 6.45) is 2.44. The molecule has 1 heteroatoms. The van der Waals surface area contributed by atoms with Gasteiger partial charge < -0.3 is 0 Å². The van der Waals surface area contributed by atoms with E-state index < -0.39 is 0 Å². The zero-order valence-corrected chi connectivity index (χ0v) is 10.6. The van der Waals surface area contributed by atoms with Crippen molar-refractivity contribution in [2.45, 2.75) is 17.7 Å². The number of aryl methyl sites for hydroxylation is 1. The van der Waals surface area contributed by atoms with Crippen LogP contribution in [0, 0.1) is 0 Å². The van der Waals surface area contributed by atoms with Crippen LogP contribution in [0.3, 0.4) is 0 Å². The topological polar surface area (TPSA) is 0 Å². The SMILES string of the molecule is BrC1CCc2ccc(-c3ccccc3)cc21. The number of fused-ring (bicyclic) bond motifs is 1. The third kappa shape index (κ3) is 1.69. The van der Waals surface area contributed by atoms with Gasteiger partial charge in [0.05, 0.1) is 0 Å². The highest BCUT2D eigenvalue weighted by Crippen LogP contribution is 2.39. The Morgan fingerprint density at radius 3 is 2.56 bits per heavy atom. The Bertz CT molecular complexity index is 502. The van der Waals surface area contributed by atoms with Crippen LogP contribution in [0.2, 0.25) is 0 Å². The Labute approximate surface area is 104 Å². The molecule has 0 saturated carbocycles. The van der Waals surface area contributed by atoms with Crippen molar-refractivity contribution in [2.75, 3.05) is 0 Å². The molecule has 0 bridgehead atoms. The lowest BCUT2D eigenvalue weighted by Crippen LogP contribution is -1.85. The maximum atomic E-state index is 3.74. The molecule has 0 N–H and O–H groups in total. The molecule has 0 spiro atoms. The zero-order chi connectivity index (χ0) is 11.0. The van der Waals surface area contributed by atoms with Gasteiger partial charge in [-0.1, -0.05) is 58.4 Å². The fraction of sp³-hybridized carbons (Fsp3) is 0.200. The minimum absolute atomic E-state index is 0.547. The maximum Gasteiger partial charge on any atom is 0.0401 e. The number of hydrogen-bond donors (Lipinski definition) is 0. The third-order valence-electron chi connectivity index (χ3n) is 3.26. The lowest BCUT2D eigenvalue weighted by atomic mass is 10.0. The number of benzene rings is 2. The van der Waals surface area contributed by atoms with Gasteiger partial charge >= 0.3 is 0 Å². The molecule has 0 aromatic heterocycles. The summed E-state index contributed by atoms with van der Waals surface area (Å²) in [4.78, 5) is 0.547. The van der Waals surface area contributed by atoms with Gasteiger partial charge in [0.2, 0.25) is 0 Å². The second kappa shape index (κ2) is 4.06. The normalized spacial score (nSPS) is 18.4. The molecule has 3 rings (SSSR count). The van der Waals surface area contributed by atoms with Gasteiger partial charge in [0.15, 0.2) is 0 Å². The first-order chi connectivity index (χ1) is 7.84. The Morgan fingerprint density at radius 2 is 1.75 bits per heavy atom. The predicted molar refractivity (Wildman–Crippen MR) is 71.9 cm³/mol. The van der Waals surface area contributed by atoms with E-state index in [9.17, 15) is 0 Å². The molecule has 0 aliphatic heterocycles. The van der Waals surface area contributed by atoms with E-state index in [2.05, 4.69) is 64.5 Å². The molecule has 16 heavy (non-hydrogen) atoms. The molecule has 80 valence electrons. The fourth-order valence-corrected chi connectivity index (χ4v) is 3.02. The van der Waals surface area contributed by atoms with E-state index >= 15 is 0 Å². The highest BCUT2D eigenvalue weighted by atomic mass is 79.9. The number of alkyl halides is 1. The molecule has 1 atom stereocenters. The van der Waals surface area contributed by atoms with Gasteiger partial charge in [-0.25, -0.2) is 0 Å². The lowest BCUT2D eigenvalue weighted by molar-refractivity contribution is 0.903. The molecule has 0 heterocycles. The van der Waals surface area contributed by atoms with Gasteiger partial charge in [0, 0.05) is 4.83 Å². The third-order valence-corrected chi connectivity index (χ3v) is 4.21. The number of hydrogen-bond acceptors (Lipinski definition) is 0. The van der Waals surface area contributed by atoms with Crippen LogP contribution in [0.15, 0.2) is 48.5 Å². The Hall–Kier alpha value is -1.08. The van der Waals surface area contributed by atoms with E-state index in [1.54, 1.807) is 0 Å². The van der Waals surface area contributed by atoms with Crippen molar-refractivity contribution in [1.29, 1.82) is 0 Å². The van der Waals surface area contributed by atoms with Crippen LogP contribution in [-0.2, 0) is 6.42 Å². The van der Waals surface area contributed by atoms with Crippen molar-refractivity contribution in [2.24, 2.45) is 0 Å². The van der Waals surface area contributed by atoms with Gasteiger partial charge in [-0.2, -0.15) is 0 Å². The zero-order valence-electron chi connectivity index (χ0n) is 8.99. The van der Waals surface area contributed by atoms with E-state index in [0.717, 1.165) is 0 Å². The summed E-state index contributed by atoms with van der Waals surface area (Å²) in [5, 5.41) is 0. The average Bonchev–Trinajstić information content (AvgIpc) is 2.72. The Kier molecular flexibility index (Phi) is 2.56. The highest BCUT2D eigenvalue weighted by molar-refractivity contribution is 9.09. The van der Waals surface area contributed by atoms with Crippen LogP contribution in [0.25, 0.3) is 11.1 Å². The Morgan fingerprint density at radius 1 is 0.938 bits per heavy atom. The summed E-state index contributed by atoms with van der Waals surface area (Å²) in [5.74, 6) is 0. The van der Waals surface area contributed by atoms with Gasteiger partial charge in [-0.3, -0.25) is 0 Å². The quantitative estimate of drug-likeness (QED) is 0.658. The second-order valence-corrected chi connectivity index (χ2v) is 5.39. The number of rotatable bonds is 1. The first-order valence-corrected chi connectivity index (χ1v) is 6.58. The molecular formula is C15H13Br. The van der Waals surface area contributed by atoms with E-state index in [-0.39, 0.29) is 0 Å². The first-order valence-electron chi connectivity index (χ1n) is 5.67. The molecule has 0 fully saturated rings. The second-order valence-electron chi connectivity index (χ2n) is 4.29. The summed E-state index contributed by atoms with van der Waals surface area (Å²) in [6, 6.07) is 17.4. The highest BCUT2D eigenvalue weighted by Gasteiger charge is 2.19. The Balaban J connectivity index is 2.08. The molecule has 0 nitrogen and oxygen atoms in total. The van der Waals surface area contributed by atoms with Crippen molar-refractivity contribution < 1.29 is 0 Å². The average molecular weight is 273 g/mol.